The first-order valence-electron chi connectivity index (χ1n) is 7.44. The van der Waals surface area contributed by atoms with E-state index in [4.69, 9.17) is 5.73 Å². The van der Waals surface area contributed by atoms with E-state index in [2.05, 4.69) is 10.6 Å². The summed E-state index contributed by atoms with van der Waals surface area (Å²) in [6.07, 6.45) is 3.47. The van der Waals surface area contributed by atoms with Gasteiger partial charge in [0.1, 0.15) is 0 Å². The normalized spacial score (nSPS) is 16.9. The molecule has 1 fully saturated rings. The molecule has 0 spiro atoms. The van der Waals surface area contributed by atoms with Gasteiger partial charge in [-0.2, -0.15) is 0 Å². The van der Waals surface area contributed by atoms with Crippen molar-refractivity contribution in [1.29, 1.82) is 0 Å². The molecule has 1 saturated carbocycles. The van der Waals surface area contributed by atoms with E-state index < -0.39 is 5.54 Å². The molecule has 114 valence electrons. The first kappa shape index (κ1) is 15.5. The lowest BCUT2D eigenvalue weighted by Crippen LogP contribution is -2.48. The highest BCUT2D eigenvalue weighted by Crippen LogP contribution is 2.22. The van der Waals surface area contributed by atoms with Gasteiger partial charge in [0.15, 0.2) is 0 Å². The number of carbonyl (C=O) groups is 2. The number of nitrogens with one attached hydrogen (secondary N) is 2. The fraction of sp³-hybridized carbons (Fsp3) is 0.500. The molecule has 5 nitrogen and oxygen atoms in total. The number of benzene rings is 1. The van der Waals surface area contributed by atoms with Crippen LogP contribution in [0.5, 0.6) is 0 Å². The number of carbonyl (C=O) groups excluding carboxylic acids is 2. The van der Waals surface area contributed by atoms with Gasteiger partial charge in [-0.1, -0.05) is 25.5 Å². The van der Waals surface area contributed by atoms with E-state index in [-0.39, 0.29) is 17.9 Å². The maximum absolute atomic E-state index is 12.3. The molecular formula is C16H23N3O2. The maximum Gasteiger partial charge on any atom is 0.253 e. The van der Waals surface area contributed by atoms with Crippen molar-refractivity contribution in [2.75, 3.05) is 5.32 Å². The van der Waals surface area contributed by atoms with Gasteiger partial charge >= 0.3 is 0 Å². The molecular weight excluding hydrogens is 266 g/mol. The SMILES string of the molecule is CCCC(C)(N)C(=O)Nc1ccccc1C(=O)NC1CC1. The molecule has 4 N–H and O–H groups in total. The molecule has 1 aromatic rings. The predicted molar refractivity (Wildman–Crippen MR) is 83.1 cm³/mol. The molecule has 0 radical (unpaired) electrons. The largest absolute Gasteiger partial charge is 0.349 e. The maximum atomic E-state index is 12.3. The molecule has 1 aromatic carbocycles. The van der Waals surface area contributed by atoms with Crippen molar-refractivity contribution in [2.24, 2.45) is 5.73 Å². The molecule has 1 atom stereocenters. The number of nitrogens with two attached hydrogens (primary N) is 1. The molecule has 1 aliphatic carbocycles. The third kappa shape index (κ3) is 4.04. The standard InChI is InChI=1S/C16H23N3O2/c1-3-10-16(2,17)15(21)19-13-7-5-4-6-12(13)14(20)18-11-8-9-11/h4-7,11H,3,8-10,17H2,1-2H3,(H,18,20)(H,19,21). The number of rotatable bonds is 6. The molecule has 2 rings (SSSR count). The van der Waals surface area contributed by atoms with Crippen molar-refractivity contribution in [3.8, 4) is 0 Å². The molecule has 0 saturated heterocycles. The highest BCUT2D eigenvalue weighted by Gasteiger charge is 2.29. The number of hydrogen-bond acceptors (Lipinski definition) is 3. The summed E-state index contributed by atoms with van der Waals surface area (Å²) in [5, 5.41) is 5.71. The molecule has 0 bridgehead atoms. The van der Waals surface area contributed by atoms with E-state index in [1.54, 1.807) is 31.2 Å². The Morgan fingerprint density at radius 2 is 2.00 bits per heavy atom. The van der Waals surface area contributed by atoms with Gasteiger partial charge in [0.2, 0.25) is 5.91 Å². The minimum absolute atomic E-state index is 0.150. The summed E-state index contributed by atoms with van der Waals surface area (Å²) in [6, 6.07) is 7.28. The van der Waals surface area contributed by atoms with Crippen molar-refractivity contribution in [1.82, 2.24) is 5.32 Å². The Morgan fingerprint density at radius 1 is 1.33 bits per heavy atom. The lowest BCUT2D eigenvalue weighted by molar-refractivity contribution is -0.120. The quantitative estimate of drug-likeness (QED) is 0.749. The Balaban J connectivity index is 2.12. The number of anilines is 1. The molecule has 1 aliphatic rings. The van der Waals surface area contributed by atoms with Crippen LogP contribution in [-0.2, 0) is 4.79 Å². The Morgan fingerprint density at radius 3 is 2.62 bits per heavy atom. The van der Waals surface area contributed by atoms with Crippen LogP contribution in [0.15, 0.2) is 24.3 Å². The van der Waals surface area contributed by atoms with Crippen LogP contribution in [0.4, 0.5) is 5.69 Å². The minimum atomic E-state index is -0.936. The lowest BCUT2D eigenvalue weighted by atomic mass is 9.96. The molecule has 5 heteroatoms. The number of amides is 2. The van der Waals surface area contributed by atoms with E-state index in [1.165, 1.54) is 0 Å². The van der Waals surface area contributed by atoms with Crippen LogP contribution in [0.25, 0.3) is 0 Å². The van der Waals surface area contributed by atoms with Crippen molar-refractivity contribution >= 4 is 17.5 Å². The fourth-order valence-corrected chi connectivity index (χ4v) is 2.18. The monoisotopic (exact) mass is 289 g/mol. The average molecular weight is 289 g/mol. The fourth-order valence-electron chi connectivity index (χ4n) is 2.18. The Labute approximate surface area is 125 Å². The van der Waals surface area contributed by atoms with Gasteiger partial charge in [-0.15, -0.1) is 0 Å². The van der Waals surface area contributed by atoms with Crippen LogP contribution >= 0.6 is 0 Å². The molecule has 1 unspecified atom stereocenters. The van der Waals surface area contributed by atoms with E-state index >= 15 is 0 Å². The summed E-state index contributed by atoms with van der Waals surface area (Å²) in [5.41, 5.74) is 6.07. The average Bonchev–Trinajstić information content (AvgIpc) is 3.23. The third-order valence-electron chi connectivity index (χ3n) is 3.62. The van der Waals surface area contributed by atoms with Gasteiger partial charge in [-0.25, -0.2) is 0 Å². The van der Waals surface area contributed by atoms with E-state index in [0.717, 1.165) is 19.3 Å². The summed E-state index contributed by atoms with van der Waals surface area (Å²) in [7, 11) is 0. The minimum Gasteiger partial charge on any atom is -0.349 e. The summed E-state index contributed by atoms with van der Waals surface area (Å²) in [6.45, 7) is 3.69. The Bertz CT molecular complexity index is 536. The second kappa shape index (κ2) is 6.26. The Hall–Kier alpha value is -1.88. The molecule has 21 heavy (non-hydrogen) atoms. The van der Waals surface area contributed by atoms with Crippen LogP contribution in [0.3, 0.4) is 0 Å². The first-order valence-corrected chi connectivity index (χ1v) is 7.44. The van der Waals surface area contributed by atoms with E-state index in [9.17, 15) is 9.59 Å². The molecule has 0 aliphatic heterocycles. The van der Waals surface area contributed by atoms with Gasteiger partial charge in [-0.05, 0) is 38.3 Å². The smallest absolute Gasteiger partial charge is 0.253 e. The summed E-state index contributed by atoms with van der Waals surface area (Å²) in [5.74, 6) is -0.418. The second-order valence-corrected chi connectivity index (χ2v) is 5.91. The van der Waals surface area contributed by atoms with E-state index in [0.29, 0.717) is 17.7 Å². The molecule has 0 aromatic heterocycles. The zero-order valence-corrected chi connectivity index (χ0v) is 12.6. The first-order chi connectivity index (χ1) is 9.94. The topological polar surface area (TPSA) is 84.2 Å². The summed E-state index contributed by atoms with van der Waals surface area (Å²) >= 11 is 0. The summed E-state index contributed by atoms with van der Waals surface area (Å²) < 4.78 is 0. The van der Waals surface area contributed by atoms with Crippen LogP contribution in [0.1, 0.15) is 49.9 Å². The van der Waals surface area contributed by atoms with Gasteiger partial charge in [0.05, 0.1) is 16.8 Å². The van der Waals surface area contributed by atoms with Crippen molar-refractivity contribution in [2.45, 2.75) is 51.1 Å². The Kier molecular flexibility index (Phi) is 4.63. The van der Waals surface area contributed by atoms with E-state index in [1.807, 2.05) is 6.92 Å². The van der Waals surface area contributed by atoms with Crippen LogP contribution in [0, 0.1) is 0 Å². The predicted octanol–water partition coefficient (Wildman–Crippen LogP) is 2.03. The third-order valence-corrected chi connectivity index (χ3v) is 3.62. The summed E-state index contributed by atoms with van der Waals surface area (Å²) in [4.78, 5) is 24.4. The van der Waals surface area contributed by atoms with Gasteiger partial charge in [-0.3, -0.25) is 9.59 Å². The van der Waals surface area contributed by atoms with Crippen LogP contribution in [-0.4, -0.2) is 23.4 Å². The highest BCUT2D eigenvalue weighted by molar-refractivity contribution is 6.05. The molecule has 2 amide bonds. The lowest BCUT2D eigenvalue weighted by Gasteiger charge is -2.23. The van der Waals surface area contributed by atoms with Crippen LogP contribution < -0.4 is 16.4 Å². The zero-order valence-electron chi connectivity index (χ0n) is 12.6. The van der Waals surface area contributed by atoms with Gasteiger partial charge in [0, 0.05) is 6.04 Å². The zero-order chi connectivity index (χ0) is 15.5. The molecule has 0 heterocycles. The van der Waals surface area contributed by atoms with Gasteiger partial charge in [0.25, 0.3) is 5.91 Å². The van der Waals surface area contributed by atoms with Crippen molar-refractivity contribution < 1.29 is 9.59 Å². The van der Waals surface area contributed by atoms with Crippen LogP contribution in [0.2, 0.25) is 0 Å². The van der Waals surface area contributed by atoms with Gasteiger partial charge < -0.3 is 16.4 Å². The highest BCUT2D eigenvalue weighted by atomic mass is 16.2. The second-order valence-electron chi connectivity index (χ2n) is 5.91. The number of para-hydroxylation sites is 1. The number of hydrogen-bond donors (Lipinski definition) is 3. The van der Waals surface area contributed by atoms with Crippen molar-refractivity contribution in [3.05, 3.63) is 29.8 Å². The van der Waals surface area contributed by atoms with Crippen molar-refractivity contribution in [3.63, 3.8) is 0 Å².